The van der Waals surface area contributed by atoms with E-state index in [0.717, 1.165) is 51.2 Å². The molecule has 348 valence electrons. The highest BCUT2D eigenvalue weighted by molar-refractivity contribution is 5.81. The molecule has 0 fully saturated rings. The lowest BCUT2D eigenvalue weighted by Gasteiger charge is -2.25. The van der Waals surface area contributed by atoms with Gasteiger partial charge in [-0.05, 0) is 146 Å². The Hall–Kier alpha value is -11.3. The predicted molar refractivity (Wildman–Crippen MR) is 302 cm³/mol. The summed E-state index contributed by atoms with van der Waals surface area (Å²) in [6, 6.07) is 90.9. The lowest BCUT2D eigenvalue weighted by molar-refractivity contribution is 1.28. The minimum Gasteiger partial charge on any atom is -0.311 e. The van der Waals surface area contributed by atoms with Gasteiger partial charge in [-0.2, -0.15) is 15.8 Å². The molecule has 0 aliphatic heterocycles. The van der Waals surface area contributed by atoms with Crippen LogP contribution in [0, 0.1) is 69.5 Å². The first-order chi connectivity index (χ1) is 37.1. The fourth-order valence-electron chi connectivity index (χ4n) is 8.75. The zero-order chi connectivity index (χ0) is 51.2. The first-order valence-electron chi connectivity index (χ1n) is 24.1. The average molecular weight is 955 g/mol. The third-order valence-corrected chi connectivity index (χ3v) is 12.3. The Kier molecular flexibility index (Phi) is 14.3. The van der Waals surface area contributed by atoms with Gasteiger partial charge in [-0.3, -0.25) is 0 Å². The van der Waals surface area contributed by atoms with Gasteiger partial charge >= 0.3 is 0 Å². The molecule has 0 spiro atoms. The van der Waals surface area contributed by atoms with E-state index in [2.05, 4.69) is 141 Å². The molecule has 0 aliphatic rings. The molecule has 0 N–H and O–H groups in total. The van der Waals surface area contributed by atoms with Crippen LogP contribution in [0.3, 0.4) is 0 Å². The molecule has 0 radical (unpaired) electrons. The predicted octanol–water partition coefficient (Wildman–Crippen LogP) is 15.9. The monoisotopic (exact) mass is 954 g/mol. The Morgan fingerprint density at radius 3 is 0.533 bits per heavy atom. The van der Waals surface area contributed by atoms with Crippen LogP contribution in [0.15, 0.2) is 255 Å². The second-order valence-electron chi connectivity index (χ2n) is 17.0. The quantitative estimate of drug-likeness (QED) is 0.134. The van der Waals surface area contributed by atoms with Crippen LogP contribution < -0.4 is 14.7 Å². The smallest absolute Gasteiger partial charge is 0.102 e. The van der Waals surface area contributed by atoms with Crippen molar-refractivity contribution in [3.63, 3.8) is 0 Å². The molecule has 0 atom stereocenters. The molecule has 75 heavy (non-hydrogen) atoms. The molecule has 10 aromatic carbocycles. The molecular weight excluding hydrogens is 913 g/mol. The zero-order valence-corrected chi connectivity index (χ0v) is 40.4. The standard InChI is InChI=1S/C69H42N6/c70-49-67-64(46-37-52-31-40-61(41-32-52)73(55-19-7-1-8-20-55)56-21-9-2-10-22-56)68(50-71)66(48-39-54-35-44-63(45-36-54)75(59-27-15-5-16-28-59)60-29-17-6-18-30-60)69(51-72)65(67)47-38-53-33-42-62(43-34-53)74(57-23-11-3-12-24-57)58-25-13-4-14-26-58/h1-36,40-45H. The third-order valence-electron chi connectivity index (χ3n) is 12.3. The fourth-order valence-corrected chi connectivity index (χ4v) is 8.75. The van der Waals surface area contributed by atoms with E-state index in [9.17, 15) is 15.8 Å². The molecule has 10 aromatic rings. The molecule has 6 heteroatoms. The maximum absolute atomic E-state index is 10.9. The van der Waals surface area contributed by atoms with Crippen LogP contribution >= 0.6 is 0 Å². The summed E-state index contributed by atoms with van der Waals surface area (Å²) in [6.07, 6.45) is 0. The average Bonchev–Trinajstić information content (AvgIpc) is 3.48. The summed E-state index contributed by atoms with van der Waals surface area (Å²) in [5, 5.41) is 32.8. The van der Waals surface area contributed by atoms with Crippen LogP contribution in [0.1, 0.15) is 50.1 Å². The van der Waals surface area contributed by atoms with Crippen LogP contribution in [0.2, 0.25) is 0 Å². The Bertz CT molecular complexity index is 3380. The maximum Gasteiger partial charge on any atom is 0.102 e. The molecule has 0 amide bonds. The molecule has 10 rings (SSSR count). The second kappa shape index (κ2) is 22.7. The summed E-state index contributed by atoms with van der Waals surface area (Å²) in [7, 11) is 0. The van der Waals surface area contributed by atoms with E-state index >= 15 is 0 Å². The largest absolute Gasteiger partial charge is 0.311 e. The third kappa shape index (κ3) is 10.6. The van der Waals surface area contributed by atoms with E-state index in [0.29, 0.717) is 16.7 Å². The van der Waals surface area contributed by atoms with Crippen molar-refractivity contribution >= 4 is 51.2 Å². The molecule has 0 heterocycles. The number of benzene rings is 10. The van der Waals surface area contributed by atoms with Gasteiger partial charge in [0, 0.05) is 67.9 Å². The lowest BCUT2D eigenvalue weighted by Crippen LogP contribution is -2.09. The maximum atomic E-state index is 10.9. The van der Waals surface area contributed by atoms with Crippen molar-refractivity contribution in [1.29, 1.82) is 15.8 Å². The van der Waals surface area contributed by atoms with Gasteiger partial charge in [-0.1, -0.05) is 145 Å². The van der Waals surface area contributed by atoms with Gasteiger partial charge in [0.2, 0.25) is 0 Å². The molecule has 0 bridgehead atoms. The van der Waals surface area contributed by atoms with Crippen LogP contribution in [0.25, 0.3) is 0 Å². The van der Waals surface area contributed by atoms with E-state index in [1.165, 1.54) is 0 Å². The van der Waals surface area contributed by atoms with Crippen LogP contribution in [0.4, 0.5) is 51.2 Å². The summed E-state index contributed by atoms with van der Waals surface area (Å²) in [4.78, 5) is 6.46. The van der Waals surface area contributed by atoms with E-state index in [4.69, 9.17) is 0 Å². The van der Waals surface area contributed by atoms with E-state index in [1.54, 1.807) is 0 Å². The zero-order valence-electron chi connectivity index (χ0n) is 40.4. The highest BCUT2D eigenvalue weighted by Crippen LogP contribution is 2.37. The van der Waals surface area contributed by atoms with Crippen LogP contribution in [-0.2, 0) is 0 Å². The van der Waals surface area contributed by atoms with Crippen LogP contribution in [-0.4, -0.2) is 0 Å². The number of hydrogen-bond donors (Lipinski definition) is 0. The molecule has 0 aliphatic carbocycles. The van der Waals surface area contributed by atoms with Crippen molar-refractivity contribution in [2.45, 2.75) is 0 Å². The van der Waals surface area contributed by atoms with E-state index < -0.39 is 0 Å². The lowest BCUT2D eigenvalue weighted by atomic mass is 9.87. The minimum atomic E-state index is 0.0202. The normalized spacial score (nSPS) is 10.0. The number of nitrogens with zero attached hydrogens (tertiary/aromatic N) is 6. The first kappa shape index (κ1) is 47.4. The van der Waals surface area contributed by atoms with Crippen molar-refractivity contribution in [3.8, 4) is 53.7 Å². The van der Waals surface area contributed by atoms with E-state index in [1.807, 2.05) is 182 Å². The van der Waals surface area contributed by atoms with Gasteiger partial charge in [-0.25, -0.2) is 0 Å². The molecular formula is C69H42N6. The molecule has 0 unspecified atom stereocenters. The Morgan fingerprint density at radius 1 is 0.187 bits per heavy atom. The van der Waals surface area contributed by atoms with Gasteiger partial charge in [0.1, 0.15) is 18.2 Å². The number of hydrogen-bond acceptors (Lipinski definition) is 6. The van der Waals surface area contributed by atoms with Gasteiger partial charge in [-0.15, -0.1) is 0 Å². The van der Waals surface area contributed by atoms with Crippen molar-refractivity contribution in [1.82, 2.24) is 0 Å². The topological polar surface area (TPSA) is 81.1 Å². The number of rotatable bonds is 9. The SMILES string of the molecule is N#Cc1c(C#Cc2ccc(N(c3ccccc3)c3ccccc3)cc2)c(C#N)c(C#Cc2ccc(N(c3ccccc3)c3ccccc3)cc2)c(C#N)c1C#Cc1ccc(N(c2ccccc2)c2ccccc2)cc1. The van der Waals surface area contributed by atoms with E-state index in [-0.39, 0.29) is 33.4 Å². The van der Waals surface area contributed by atoms with Gasteiger partial charge in [0.15, 0.2) is 0 Å². The summed E-state index contributed by atoms with van der Waals surface area (Å²) in [5.74, 6) is 19.2. The molecule has 0 aromatic heterocycles. The Balaban J connectivity index is 1.06. The number of nitriles is 3. The van der Waals surface area contributed by atoms with Gasteiger partial charge in [0.05, 0.1) is 33.4 Å². The highest BCUT2D eigenvalue weighted by Gasteiger charge is 2.23. The minimum absolute atomic E-state index is 0.0202. The summed E-state index contributed by atoms with van der Waals surface area (Å²) < 4.78 is 0. The Labute approximate surface area is 438 Å². The van der Waals surface area contributed by atoms with Crippen molar-refractivity contribution in [3.05, 3.63) is 305 Å². The van der Waals surface area contributed by atoms with Crippen molar-refractivity contribution in [2.75, 3.05) is 14.7 Å². The highest BCUT2D eigenvalue weighted by atomic mass is 15.2. The second-order valence-corrected chi connectivity index (χ2v) is 17.0. The fraction of sp³-hybridized carbons (Fsp3) is 0. The number of anilines is 9. The van der Waals surface area contributed by atoms with Crippen LogP contribution in [0.5, 0.6) is 0 Å². The summed E-state index contributed by atoms with van der Waals surface area (Å²) >= 11 is 0. The van der Waals surface area contributed by atoms with Crippen molar-refractivity contribution < 1.29 is 0 Å². The Morgan fingerprint density at radius 2 is 0.360 bits per heavy atom. The van der Waals surface area contributed by atoms with Gasteiger partial charge < -0.3 is 14.7 Å². The molecule has 6 nitrogen and oxygen atoms in total. The van der Waals surface area contributed by atoms with Crippen molar-refractivity contribution in [2.24, 2.45) is 0 Å². The summed E-state index contributed by atoms with van der Waals surface area (Å²) in [5.41, 5.74) is 11.2. The molecule has 0 saturated heterocycles. The molecule has 0 saturated carbocycles. The van der Waals surface area contributed by atoms with Gasteiger partial charge in [0.25, 0.3) is 0 Å². The summed E-state index contributed by atoms with van der Waals surface area (Å²) in [6.45, 7) is 0. The first-order valence-corrected chi connectivity index (χ1v) is 24.1. The number of para-hydroxylation sites is 6.